The van der Waals surface area contributed by atoms with Crippen LogP contribution in [-0.2, 0) is 23.1 Å². The van der Waals surface area contributed by atoms with Crippen LogP contribution in [0.1, 0.15) is 63.3 Å². The van der Waals surface area contributed by atoms with Crippen LogP contribution in [0.25, 0.3) is 11.0 Å². The quantitative estimate of drug-likeness (QED) is 0.268. The van der Waals surface area contributed by atoms with Gasteiger partial charge in [0.05, 0.1) is 4.90 Å². The first-order valence-electron chi connectivity index (χ1n) is 17.4. The van der Waals surface area contributed by atoms with Crippen LogP contribution in [0.2, 0.25) is 0 Å². The molecule has 3 aliphatic heterocycles. The third-order valence-electron chi connectivity index (χ3n) is 10.1. The predicted molar refractivity (Wildman–Crippen MR) is 189 cm³/mol. The van der Waals surface area contributed by atoms with Crippen LogP contribution < -0.4 is 5.32 Å². The second kappa shape index (κ2) is 14.4. The number of piperazine rings is 1. The first-order valence-corrected chi connectivity index (χ1v) is 18.9. The molecule has 49 heavy (non-hydrogen) atoms. The van der Waals surface area contributed by atoms with E-state index in [4.69, 9.17) is 4.42 Å². The van der Waals surface area contributed by atoms with E-state index in [0.717, 1.165) is 75.9 Å². The van der Waals surface area contributed by atoms with Gasteiger partial charge in [0.2, 0.25) is 10.0 Å². The van der Waals surface area contributed by atoms with Crippen LogP contribution in [0, 0.1) is 6.92 Å². The van der Waals surface area contributed by atoms with Crippen LogP contribution in [0.4, 0.5) is 0 Å². The van der Waals surface area contributed by atoms with Crippen LogP contribution in [0.5, 0.6) is 0 Å². The number of rotatable bonds is 9. The summed E-state index contributed by atoms with van der Waals surface area (Å²) in [4.78, 5) is 33.5. The second-order valence-corrected chi connectivity index (χ2v) is 15.6. The van der Waals surface area contributed by atoms with Crippen molar-refractivity contribution in [2.24, 2.45) is 0 Å². The van der Waals surface area contributed by atoms with Crippen molar-refractivity contribution in [3.63, 3.8) is 0 Å². The Morgan fingerprint density at radius 2 is 1.37 bits per heavy atom. The average molecular weight is 684 g/mol. The van der Waals surface area contributed by atoms with E-state index in [2.05, 4.69) is 46.3 Å². The number of nitrogens with one attached hydrogen (secondary N) is 1. The molecule has 10 nitrogen and oxygen atoms in total. The zero-order valence-corrected chi connectivity index (χ0v) is 29.0. The lowest BCUT2D eigenvalue weighted by atomic mass is 10.0. The Morgan fingerprint density at radius 1 is 0.755 bits per heavy atom. The summed E-state index contributed by atoms with van der Waals surface area (Å²) in [5, 5.41) is 3.87. The molecule has 1 aromatic heterocycles. The van der Waals surface area contributed by atoms with Crippen molar-refractivity contribution in [2.75, 3.05) is 52.4 Å². The number of hydrogen-bond donors (Lipinski definition) is 1. The lowest BCUT2D eigenvalue weighted by Crippen LogP contribution is -2.48. The maximum Gasteiger partial charge on any atom is 0.287 e. The van der Waals surface area contributed by atoms with Gasteiger partial charge in [-0.05, 0) is 80.1 Å². The van der Waals surface area contributed by atoms with Crippen LogP contribution in [-0.4, -0.2) is 97.6 Å². The smallest absolute Gasteiger partial charge is 0.287 e. The van der Waals surface area contributed by atoms with Gasteiger partial charge < -0.3 is 14.6 Å². The number of furan rings is 1. The number of nitrogens with zero attached hydrogens (tertiary/aromatic N) is 4. The minimum absolute atomic E-state index is 0.00102. The number of hydrogen-bond acceptors (Lipinski definition) is 7. The van der Waals surface area contributed by atoms with E-state index in [9.17, 15) is 18.0 Å². The van der Waals surface area contributed by atoms with E-state index in [-0.39, 0.29) is 23.6 Å². The molecule has 2 amide bonds. The van der Waals surface area contributed by atoms with E-state index in [1.54, 1.807) is 34.6 Å². The average Bonchev–Trinajstić information content (AvgIpc) is 3.82. The standard InChI is InChI=1S/C38H45N5O5S/c1-28-4-6-29(7-5-28)27-41-20-22-42(23-21-41)38(45)31-10-13-35-32(24-31)25-36(48-35)37(44)39-33-14-18-40(19-15-33)26-30-8-11-34(12-9-30)49(46,47)43-16-2-3-17-43/h4-13,24-25,33H,2-3,14-23,26-27H2,1H3,(H,39,44). The fraction of sp³-hybridized carbons (Fsp3) is 0.421. The molecular weight excluding hydrogens is 639 g/mol. The summed E-state index contributed by atoms with van der Waals surface area (Å²) in [5.41, 5.74) is 4.79. The van der Waals surface area contributed by atoms with Gasteiger partial charge in [0.25, 0.3) is 11.8 Å². The number of amides is 2. The minimum Gasteiger partial charge on any atom is -0.451 e. The second-order valence-electron chi connectivity index (χ2n) is 13.7. The fourth-order valence-electron chi connectivity index (χ4n) is 7.13. The lowest BCUT2D eigenvalue weighted by molar-refractivity contribution is 0.0628. The summed E-state index contributed by atoms with van der Waals surface area (Å²) in [6.45, 7) is 9.57. The maximum atomic E-state index is 13.4. The number of piperidine rings is 1. The van der Waals surface area contributed by atoms with Crippen LogP contribution >= 0.6 is 0 Å². The fourth-order valence-corrected chi connectivity index (χ4v) is 8.64. The van der Waals surface area contributed by atoms with E-state index in [1.165, 1.54) is 11.1 Å². The summed E-state index contributed by atoms with van der Waals surface area (Å²) in [5.74, 6) is -0.00310. The summed E-state index contributed by atoms with van der Waals surface area (Å²) in [6, 6.07) is 23.0. The molecule has 11 heteroatoms. The number of carbonyl (C=O) groups excluding carboxylic acids is 2. The number of likely N-dealkylation sites (tertiary alicyclic amines) is 1. The molecule has 1 N–H and O–H groups in total. The van der Waals surface area contributed by atoms with Gasteiger partial charge in [-0.15, -0.1) is 0 Å². The van der Waals surface area contributed by atoms with Crippen molar-refractivity contribution < 1.29 is 22.4 Å². The minimum atomic E-state index is -3.41. The molecule has 258 valence electrons. The van der Waals surface area contributed by atoms with Crippen molar-refractivity contribution in [2.45, 2.75) is 56.6 Å². The van der Waals surface area contributed by atoms with Crippen molar-refractivity contribution in [3.8, 4) is 0 Å². The Hall–Kier alpha value is -4.03. The Kier molecular flexibility index (Phi) is 9.87. The summed E-state index contributed by atoms with van der Waals surface area (Å²) >= 11 is 0. The topological polar surface area (TPSA) is 106 Å². The van der Waals surface area contributed by atoms with Crippen molar-refractivity contribution in [1.29, 1.82) is 0 Å². The Bertz CT molecular complexity index is 1880. The molecule has 3 saturated heterocycles. The van der Waals surface area contributed by atoms with Gasteiger partial charge in [0.15, 0.2) is 5.76 Å². The lowest BCUT2D eigenvalue weighted by Gasteiger charge is -2.34. The molecule has 0 saturated carbocycles. The molecule has 3 fully saturated rings. The number of aryl methyl sites for hydroxylation is 1. The Balaban J connectivity index is 0.880. The number of carbonyl (C=O) groups is 2. The van der Waals surface area contributed by atoms with Crippen LogP contribution in [0.3, 0.4) is 0 Å². The molecule has 0 atom stereocenters. The third kappa shape index (κ3) is 7.75. The monoisotopic (exact) mass is 683 g/mol. The summed E-state index contributed by atoms with van der Waals surface area (Å²) < 4.78 is 33.1. The highest BCUT2D eigenvalue weighted by Crippen LogP contribution is 2.24. The first kappa shape index (κ1) is 33.5. The molecule has 0 bridgehead atoms. The molecule has 7 rings (SSSR count). The molecule has 0 spiro atoms. The van der Waals surface area contributed by atoms with Gasteiger partial charge in [-0.1, -0.05) is 42.0 Å². The molecular formula is C38H45N5O5S. The molecule has 0 radical (unpaired) electrons. The Labute approximate surface area is 288 Å². The van der Waals surface area contributed by atoms with E-state index >= 15 is 0 Å². The molecule has 4 aromatic rings. The largest absolute Gasteiger partial charge is 0.451 e. The molecule has 3 aromatic carbocycles. The third-order valence-corrected chi connectivity index (χ3v) is 12.0. The highest BCUT2D eigenvalue weighted by molar-refractivity contribution is 7.89. The zero-order valence-electron chi connectivity index (χ0n) is 28.1. The summed E-state index contributed by atoms with van der Waals surface area (Å²) in [6.07, 6.45) is 3.46. The van der Waals surface area contributed by atoms with E-state index in [1.807, 2.05) is 23.1 Å². The van der Waals surface area contributed by atoms with Crippen molar-refractivity contribution >= 4 is 32.8 Å². The summed E-state index contributed by atoms with van der Waals surface area (Å²) in [7, 11) is -3.41. The molecule has 4 heterocycles. The van der Waals surface area contributed by atoms with E-state index < -0.39 is 10.0 Å². The highest BCUT2D eigenvalue weighted by Gasteiger charge is 2.28. The number of sulfonamides is 1. The van der Waals surface area contributed by atoms with Gasteiger partial charge in [0.1, 0.15) is 5.58 Å². The van der Waals surface area contributed by atoms with Crippen LogP contribution in [0.15, 0.2) is 82.1 Å². The molecule has 3 aliphatic rings. The predicted octanol–water partition coefficient (Wildman–Crippen LogP) is 4.88. The number of fused-ring (bicyclic) bond motifs is 1. The van der Waals surface area contributed by atoms with Crippen molar-refractivity contribution in [1.82, 2.24) is 24.3 Å². The first-order chi connectivity index (χ1) is 23.7. The molecule has 0 aliphatic carbocycles. The SMILES string of the molecule is Cc1ccc(CN2CCN(C(=O)c3ccc4oc(C(=O)NC5CCN(Cc6ccc(S(=O)(=O)N7CCCC7)cc6)CC5)cc4c3)CC2)cc1. The highest BCUT2D eigenvalue weighted by atomic mass is 32.2. The van der Waals surface area contributed by atoms with E-state index in [0.29, 0.717) is 42.2 Å². The van der Waals surface area contributed by atoms with Crippen molar-refractivity contribution in [3.05, 3.63) is 101 Å². The van der Waals surface area contributed by atoms with Gasteiger partial charge in [-0.2, -0.15) is 4.31 Å². The van der Waals surface area contributed by atoms with Gasteiger partial charge in [0, 0.05) is 82.4 Å². The molecule has 0 unspecified atom stereocenters. The van der Waals surface area contributed by atoms with Gasteiger partial charge in [-0.25, -0.2) is 8.42 Å². The number of benzene rings is 3. The van der Waals surface area contributed by atoms with Gasteiger partial charge >= 0.3 is 0 Å². The zero-order chi connectivity index (χ0) is 34.0. The normalized spacial score (nSPS) is 18.7. The Morgan fingerprint density at radius 3 is 2.02 bits per heavy atom. The van der Waals surface area contributed by atoms with Gasteiger partial charge in [-0.3, -0.25) is 19.4 Å². The maximum absolute atomic E-state index is 13.4.